The first-order valence-electron chi connectivity index (χ1n) is 9.59. The zero-order valence-corrected chi connectivity index (χ0v) is 18.0. The first-order valence-corrected chi connectivity index (χ1v) is 11.0. The molecule has 9 heteroatoms. The van der Waals surface area contributed by atoms with Crippen molar-refractivity contribution in [2.45, 2.75) is 51.5 Å². The molecule has 1 amide bonds. The molecule has 0 bridgehead atoms. The van der Waals surface area contributed by atoms with E-state index in [1.54, 1.807) is 26.8 Å². The van der Waals surface area contributed by atoms with Crippen LogP contribution >= 0.6 is 0 Å². The Morgan fingerprint density at radius 2 is 1.90 bits per heavy atom. The van der Waals surface area contributed by atoms with E-state index in [0.717, 1.165) is 18.4 Å². The Kier molecular flexibility index (Phi) is 6.40. The SMILES string of the molecule is Cc1cc(C)c(S(=O)(=O)N(CC(=O)Nc2cc(C)on2)C[C@@H]2CCCO2)c(C)c1. The number of nitrogens with one attached hydrogen (secondary N) is 1. The van der Waals surface area contributed by atoms with Gasteiger partial charge in [0.25, 0.3) is 0 Å². The van der Waals surface area contributed by atoms with Crippen LogP contribution in [0.5, 0.6) is 0 Å². The first-order chi connectivity index (χ1) is 13.7. The third-order valence-corrected chi connectivity index (χ3v) is 6.97. The monoisotopic (exact) mass is 421 g/mol. The summed E-state index contributed by atoms with van der Waals surface area (Å²) in [5.41, 5.74) is 2.31. The van der Waals surface area contributed by atoms with Crippen LogP contribution in [-0.2, 0) is 19.6 Å². The van der Waals surface area contributed by atoms with E-state index in [9.17, 15) is 13.2 Å². The molecule has 8 nitrogen and oxygen atoms in total. The molecule has 1 saturated heterocycles. The number of hydrogen-bond donors (Lipinski definition) is 1. The number of carbonyl (C=O) groups is 1. The van der Waals surface area contributed by atoms with Crippen LogP contribution < -0.4 is 5.32 Å². The molecule has 1 aliphatic heterocycles. The second-order valence-corrected chi connectivity index (χ2v) is 9.41. The summed E-state index contributed by atoms with van der Waals surface area (Å²) >= 11 is 0. The van der Waals surface area contributed by atoms with Crippen molar-refractivity contribution in [2.24, 2.45) is 0 Å². The van der Waals surface area contributed by atoms with Crippen LogP contribution in [-0.4, -0.2) is 49.6 Å². The van der Waals surface area contributed by atoms with E-state index in [1.807, 2.05) is 19.1 Å². The molecule has 0 saturated carbocycles. The molecule has 0 radical (unpaired) electrons. The highest BCUT2D eigenvalue weighted by atomic mass is 32.2. The van der Waals surface area contributed by atoms with Gasteiger partial charge in [-0.05, 0) is 51.7 Å². The number of rotatable bonds is 7. The number of amides is 1. The van der Waals surface area contributed by atoms with Gasteiger partial charge in [0.2, 0.25) is 15.9 Å². The minimum Gasteiger partial charge on any atom is -0.377 e. The van der Waals surface area contributed by atoms with E-state index in [4.69, 9.17) is 9.26 Å². The second-order valence-electron chi connectivity index (χ2n) is 7.53. The Morgan fingerprint density at radius 1 is 1.21 bits per heavy atom. The molecule has 1 N–H and O–H groups in total. The lowest BCUT2D eigenvalue weighted by Gasteiger charge is -2.26. The summed E-state index contributed by atoms with van der Waals surface area (Å²) in [6, 6.07) is 5.25. The fraction of sp³-hybridized carbons (Fsp3) is 0.500. The molecule has 29 heavy (non-hydrogen) atoms. The molecule has 1 aromatic heterocycles. The second kappa shape index (κ2) is 8.64. The van der Waals surface area contributed by atoms with Gasteiger partial charge in [-0.25, -0.2) is 8.42 Å². The van der Waals surface area contributed by atoms with Crippen molar-refractivity contribution in [1.29, 1.82) is 0 Å². The summed E-state index contributed by atoms with van der Waals surface area (Å²) in [5, 5.41) is 6.31. The normalized spacial score (nSPS) is 17.1. The summed E-state index contributed by atoms with van der Waals surface area (Å²) in [6.07, 6.45) is 1.42. The first kappa shape index (κ1) is 21.5. The minimum absolute atomic E-state index is 0.125. The highest BCUT2D eigenvalue weighted by Gasteiger charge is 2.33. The fourth-order valence-corrected chi connectivity index (χ4v) is 5.57. The number of benzene rings is 1. The zero-order chi connectivity index (χ0) is 21.2. The lowest BCUT2D eigenvalue weighted by molar-refractivity contribution is -0.116. The van der Waals surface area contributed by atoms with Crippen LogP contribution in [0.15, 0.2) is 27.6 Å². The highest BCUT2D eigenvalue weighted by Crippen LogP contribution is 2.27. The van der Waals surface area contributed by atoms with Crippen LogP contribution in [0, 0.1) is 27.7 Å². The molecule has 2 heterocycles. The Balaban J connectivity index is 1.88. The lowest BCUT2D eigenvalue weighted by Crippen LogP contribution is -2.42. The Morgan fingerprint density at radius 3 is 2.45 bits per heavy atom. The molecule has 1 aliphatic rings. The molecule has 0 unspecified atom stereocenters. The van der Waals surface area contributed by atoms with Crippen molar-refractivity contribution in [1.82, 2.24) is 9.46 Å². The van der Waals surface area contributed by atoms with Crippen LogP contribution in [0.1, 0.15) is 35.3 Å². The third-order valence-electron chi connectivity index (χ3n) is 4.85. The molecular weight excluding hydrogens is 394 g/mol. The van der Waals surface area contributed by atoms with Crippen molar-refractivity contribution in [2.75, 3.05) is 25.0 Å². The molecule has 0 aliphatic carbocycles. The topological polar surface area (TPSA) is 102 Å². The Hall–Kier alpha value is -2.23. The van der Waals surface area contributed by atoms with Crippen LogP contribution in [0.3, 0.4) is 0 Å². The number of nitrogens with zero attached hydrogens (tertiary/aromatic N) is 2. The van der Waals surface area contributed by atoms with E-state index in [1.165, 1.54) is 4.31 Å². The van der Waals surface area contributed by atoms with Crippen LogP contribution in [0.4, 0.5) is 5.82 Å². The van der Waals surface area contributed by atoms with Crippen molar-refractivity contribution in [3.63, 3.8) is 0 Å². The molecule has 3 rings (SSSR count). The zero-order valence-electron chi connectivity index (χ0n) is 17.2. The summed E-state index contributed by atoms with van der Waals surface area (Å²) < 4.78 is 38.8. The quantitative estimate of drug-likeness (QED) is 0.738. The highest BCUT2D eigenvalue weighted by molar-refractivity contribution is 7.89. The number of aryl methyl sites for hydroxylation is 4. The van der Waals surface area contributed by atoms with Gasteiger partial charge in [0.15, 0.2) is 5.82 Å². The summed E-state index contributed by atoms with van der Waals surface area (Å²) in [6.45, 7) is 7.57. The molecule has 2 aromatic rings. The van der Waals surface area contributed by atoms with Gasteiger partial charge in [-0.1, -0.05) is 22.9 Å². The molecule has 0 spiro atoms. The molecule has 158 valence electrons. The summed E-state index contributed by atoms with van der Waals surface area (Å²) in [4.78, 5) is 12.8. The summed E-state index contributed by atoms with van der Waals surface area (Å²) in [7, 11) is -3.90. The van der Waals surface area contributed by atoms with Crippen molar-refractivity contribution >= 4 is 21.7 Å². The van der Waals surface area contributed by atoms with Gasteiger partial charge < -0.3 is 14.6 Å². The van der Waals surface area contributed by atoms with E-state index < -0.39 is 15.9 Å². The van der Waals surface area contributed by atoms with Gasteiger partial charge in [0.1, 0.15) is 5.76 Å². The van der Waals surface area contributed by atoms with Crippen LogP contribution in [0.25, 0.3) is 0 Å². The fourth-order valence-electron chi connectivity index (χ4n) is 3.73. The number of anilines is 1. The van der Waals surface area contributed by atoms with Gasteiger partial charge in [-0.15, -0.1) is 0 Å². The van der Waals surface area contributed by atoms with Gasteiger partial charge in [-0.3, -0.25) is 4.79 Å². The maximum absolute atomic E-state index is 13.5. The smallest absolute Gasteiger partial charge is 0.244 e. The van der Waals surface area contributed by atoms with Gasteiger partial charge in [0, 0.05) is 19.2 Å². The van der Waals surface area contributed by atoms with E-state index in [2.05, 4.69) is 10.5 Å². The maximum Gasteiger partial charge on any atom is 0.244 e. The number of carbonyl (C=O) groups excluding carboxylic acids is 1. The summed E-state index contributed by atoms with van der Waals surface area (Å²) in [5.74, 6) is 0.321. The van der Waals surface area contributed by atoms with Crippen molar-refractivity contribution < 1.29 is 22.5 Å². The minimum atomic E-state index is -3.90. The Bertz CT molecular complexity index is 970. The number of hydrogen-bond acceptors (Lipinski definition) is 6. The van der Waals surface area contributed by atoms with E-state index in [0.29, 0.717) is 23.5 Å². The molecular formula is C20H27N3O5S. The third kappa shape index (κ3) is 5.04. The van der Waals surface area contributed by atoms with Gasteiger partial charge >= 0.3 is 0 Å². The van der Waals surface area contributed by atoms with Gasteiger partial charge in [-0.2, -0.15) is 4.31 Å². The molecule has 1 aromatic carbocycles. The largest absolute Gasteiger partial charge is 0.377 e. The van der Waals surface area contributed by atoms with Crippen LogP contribution in [0.2, 0.25) is 0 Å². The average molecular weight is 422 g/mol. The lowest BCUT2D eigenvalue weighted by atomic mass is 10.1. The maximum atomic E-state index is 13.5. The van der Waals surface area contributed by atoms with E-state index >= 15 is 0 Å². The van der Waals surface area contributed by atoms with E-state index in [-0.39, 0.29) is 29.9 Å². The standard InChI is InChI=1S/C20H27N3O5S/c1-13-8-14(2)20(15(3)9-13)29(25,26)23(11-17-6-5-7-27-17)12-19(24)21-18-10-16(4)28-22-18/h8-10,17H,5-7,11-12H2,1-4H3,(H,21,22,24)/t17-/m0/s1. The predicted octanol–water partition coefficient (Wildman–Crippen LogP) is 2.72. The predicted molar refractivity (Wildman–Crippen MR) is 108 cm³/mol. The van der Waals surface area contributed by atoms with Crippen molar-refractivity contribution in [3.05, 3.63) is 40.6 Å². The average Bonchev–Trinajstić information content (AvgIpc) is 3.24. The van der Waals surface area contributed by atoms with Gasteiger partial charge in [0.05, 0.1) is 17.5 Å². The number of ether oxygens (including phenoxy) is 1. The molecule has 1 fully saturated rings. The Labute approximate surface area is 171 Å². The number of sulfonamides is 1. The molecule has 1 atom stereocenters. The number of aromatic nitrogens is 1. The van der Waals surface area contributed by atoms with Crippen molar-refractivity contribution in [3.8, 4) is 0 Å².